The van der Waals surface area contributed by atoms with Gasteiger partial charge < -0.3 is 4.42 Å². The highest BCUT2D eigenvalue weighted by molar-refractivity contribution is 7.20. The first-order chi connectivity index (χ1) is 22.1. The van der Waals surface area contributed by atoms with Crippen LogP contribution in [0.2, 0.25) is 40.1 Å². The van der Waals surface area contributed by atoms with E-state index in [1.54, 1.807) is 42.9 Å². The fourth-order valence-electron chi connectivity index (χ4n) is 5.36. The number of halogens is 8. The number of nitrogens with zero attached hydrogens (tertiary/aromatic N) is 3. The van der Waals surface area contributed by atoms with Gasteiger partial charge in [-0.25, -0.2) is 15.0 Å². The van der Waals surface area contributed by atoms with Gasteiger partial charge in [-0.2, -0.15) is 0 Å². The molecule has 0 N–H and O–H groups in total. The monoisotopic (exact) mass is 779 g/mol. The van der Waals surface area contributed by atoms with Crippen molar-refractivity contribution >= 4 is 115 Å². The van der Waals surface area contributed by atoms with Gasteiger partial charge in [0, 0.05) is 57.4 Å². The van der Waals surface area contributed by atoms with Gasteiger partial charge >= 0.3 is 0 Å². The molecule has 2 aromatic carbocycles. The number of rotatable bonds is 5. The second-order valence-electron chi connectivity index (χ2n) is 9.96. The SMILES string of the molecule is Clc1ccc(-c2c(-c3cnc(Cl)c(Cl)c3)ccc3c(-c4cc(Cl)c(Cl)s4)cc(-c4cc(Cl)c(Cl)o4)c(-c4ccnc(Cl)c4)c23)cn1. The molecule has 4 nitrogen and oxygen atoms in total. The molecule has 0 fully saturated rings. The minimum atomic E-state index is 0.0528. The van der Waals surface area contributed by atoms with E-state index >= 15 is 0 Å². The number of benzene rings is 2. The molecule has 0 saturated carbocycles. The molecule has 0 atom stereocenters. The van der Waals surface area contributed by atoms with E-state index < -0.39 is 0 Å². The maximum Gasteiger partial charge on any atom is 0.212 e. The Hall–Kier alpha value is -2.55. The van der Waals surface area contributed by atoms with Crippen molar-refractivity contribution in [2.24, 2.45) is 0 Å². The van der Waals surface area contributed by atoms with Crippen molar-refractivity contribution in [2.75, 3.05) is 0 Å². The van der Waals surface area contributed by atoms with E-state index in [1.165, 1.54) is 11.3 Å². The number of hydrogen-bond donors (Lipinski definition) is 0. The van der Waals surface area contributed by atoms with Crippen LogP contribution in [0.1, 0.15) is 0 Å². The second kappa shape index (κ2) is 12.8. The first kappa shape index (κ1) is 32.0. The van der Waals surface area contributed by atoms with Crippen LogP contribution in [0.3, 0.4) is 0 Å². The summed E-state index contributed by atoms with van der Waals surface area (Å²) < 4.78 is 6.49. The predicted octanol–water partition coefficient (Wildman–Crippen LogP) is 14.2. The summed E-state index contributed by atoms with van der Waals surface area (Å²) in [6.07, 6.45) is 5.01. The molecule has 0 spiro atoms. The van der Waals surface area contributed by atoms with Crippen LogP contribution in [0.5, 0.6) is 0 Å². The maximum atomic E-state index is 6.49. The highest BCUT2D eigenvalue weighted by atomic mass is 35.5. The standard InChI is InChI=1S/C33H13Cl8N3OS/c34-21-7-16(13-44-31(21)39)17-2-3-18-19(25-11-23(36)33(41)46-25)9-20(24-10-22(35)32(40)45-24)28(14-5-6-42-27(38)8-14)30(18)29(17)15-1-4-26(37)43-12-15/h1-13H. The summed E-state index contributed by atoms with van der Waals surface area (Å²) in [6, 6.07) is 18.6. The van der Waals surface area contributed by atoms with Crippen molar-refractivity contribution in [1.29, 1.82) is 0 Å². The minimum absolute atomic E-state index is 0.0528. The Morgan fingerprint density at radius 3 is 2.00 bits per heavy atom. The number of pyridine rings is 3. The first-order valence-electron chi connectivity index (χ1n) is 13.2. The Morgan fingerprint density at radius 1 is 0.565 bits per heavy atom. The van der Waals surface area contributed by atoms with Gasteiger partial charge in [0.15, 0.2) is 0 Å². The molecule has 7 aromatic rings. The van der Waals surface area contributed by atoms with Crippen LogP contribution in [-0.2, 0) is 0 Å². The topological polar surface area (TPSA) is 51.8 Å². The van der Waals surface area contributed by atoms with E-state index in [0.717, 1.165) is 54.6 Å². The van der Waals surface area contributed by atoms with Gasteiger partial charge in [-0.3, -0.25) is 0 Å². The van der Waals surface area contributed by atoms with Crippen molar-refractivity contribution in [3.8, 4) is 55.1 Å². The summed E-state index contributed by atoms with van der Waals surface area (Å²) in [5, 5.41) is 3.56. The number of furan rings is 1. The summed E-state index contributed by atoms with van der Waals surface area (Å²) >= 11 is 52.6. The van der Waals surface area contributed by atoms with E-state index in [9.17, 15) is 0 Å². The zero-order valence-corrected chi connectivity index (χ0v) is 29.6. The van der Waals surface area contributed by atoms with Gasteiger partial charge in [0.2, 0.25) is 5.22 Å². The quantitative estimate of drug-likeness (QED) is 0.163. The Kier molecular flexibility index (Phi) is 8.92. The molecule has 0 aliphatic carbocycles. The molecule has 46 heavy (non-hydrogen) atoms. The number of aromatic nitrogens is 3. The van der Waals surface area contributed by atoms with Crippen molar-refractivity contribution in [3.05, 3.63) is 119 Å². The maximum absolute atomic E-state index is 6.49. The van der Waals surface area contributed by atoms with Crippen LogP contribution in [-0.4, -0.2) is 15.0 Å². The van der Waals surface area contributed by atoms with E-state index in [2.05, 4.69) is 15.0 Å². The molecule has 0 unspecified atom stereocenters. The highest BCUT2D eigenvalue weighted by Crippen LogP contribution is 2.52. The fraction of sp³-hybridized carbons (Fsp3) is 0. The van der Waals surface area contributed by atoms with E-state index in [4.69, 9.17) is 97.2 Å². The molecule has 0 aliphatic rings. The van der Waals surface area contributed by atoms with E-state index in [0.29, 0.717) is 36.0 Å². The average molecular weight is 783 g/mol. The van der Waals surface area contributed by atoms with Crippen LogP contribution in [0.15, 0.2) is 83.7 Å². The van der Waals surface area contributed by atoms with E-state index in [1.807, 2.05) is 36.4 Å². The Morgan fingerprint density at radius 2 is 1.35 bits per heavy atom. The smallest absolute Gasteiger partial charge is 0.212 e. The van der Waals surface area contributed by atoms with Crippen molar-refractivity contribution in [1.82, 2.24) is 15.0 Å². The summed E-state index contributed by atoms with van der Waals surface area (Å²) in [6.45, 7) is 0. The summed E-state index contributed by atoms with van der Waals surface area (Å²) in [7, 11) is 0. The molecule has 0 amide bonds. The zero-order valence-electron chi connectivity index (χ0n) is 22.7. The van der Waals surface area contributed by atoms with Gasteiger partial charge in [-0.15, -0.1) is 11.3 Å². The van der Waals surface area contributed by atoms with Gasteiger partial charge in [0.25, 0.3) is 0 Å². The van der Waals surface area contributed by atoms with E-state index in [-0.39, 0.29) is 15.4 Å². The van der Waals surface area contributed by atoms with Crippen LogP contribution >= 0.6 is 104 Å². The van der Waals surface area contributed by atoms with Crippen LogP contribution in [0.25, 0.3) is 65.9 Å². The second-order valence-corrected chi connectivity index (χ2v) is 14.3. The van der Waals surface area contributed by atoms with Crippen molar-refractivity contribution in [3.63, 3.8) is 0 Å². The van der Waals surface area contributed by atoms with Crippen LogP contribution in [0, 0.1) is 0 Å². The Labute approximate surface area is 306 Å². The number of fused-ring (bicyclic) bond motifs is 1. The molecule has 13 heteroatoms. The predicted molar refractivity (Wildman–Crippen MR) is 195 cm³/mol. The molecule has 5 heterocycles. The normalized spacial score (nSPS) is 11.5. The summed E-state index contributed by atoms with van der Waals surface area (Å²) in [4.78, 5) is 13.8. The number of thiophene rings is 1. The van der Waals surface area contributed by atoms with Gasteiger partial charge in [-0.1, -0.05) is 93.3 Å². The molecule has 0 bridgehead atoms. The molecule has 0 saturated heterocycles. The average Bonchev–Trinajstić information content (AvgIpc) is 3.56. The third-order valence-electron chi connectivity index (χ3n) is 7.26. The number of hydrogen-bond acceptors (Lipinski definition) is 5. The third kappa shape index (κ3) is 5.87. The van der Waals surface area contributed by atoms with Crippen LogP contribution in [0.4, 0.5) is 0 Å². The largest absolute Gasteiger partial charge is 0.443 e. The molecule has 7 rings (SSSR count). The summed E-state index contributed by atoms with van der Waals surface area (Å²) in [5.74, 6) is 0.427. The highest BCUT2D eigenvalue weighted by Gasteiger charge is 2.26. The molecule has 228 valence electrons. The minimum Gasteiger partial charge on any atom is -0.443 e. The lowest BCUT2D eigenvalue weighted by Gasteiger charge is -2.21. The zero-order chi connectivity index (χ0) is 32.3. The lowest BCUT2D eigenvalue weighted by atomic mass is 9.82. The van der Waals surface area contributed by atoms with Crippen molar-refractivity contribution < 1.29 is 4.42 Å². The van der Waals surface area contributed by atoms with Gasteiger partial charge in [0.05, 0.1) is 15.1 Å². The third-order valence-corrected chi connectivity index (χ3v) is 10.9. The van der Waals surface area contributed by atoms with Gasteiger partial charge in [-0.05, 0) is 81.5 Å². The van der Waals surface area contributed by atoms with Crippen molar-refractivity contribution in [2.45, 2.75) is 0 Å². The molecular weight excluding hydrogens is 770 g/mol. The van der Waals surface area contributed by atoms with Crippen LogP contribution < -0.4 is 0 Å². The van der Waals surface area contributed by atoms with Gasteiger partial charge in [0.1, 0.15) is 25.6 Å². The lowest BCUT2D eigenvalue weighted by Crippen LogP contribution is -1.96. The molecular formula is C33H13Cl8N3OS. The fourth-order valence-corrected chi connectivity index (χ4v) is 7.59. The summed E-state index contributed by atoms with van der Waals surface area (Å²) in [5.41, 5.74) is 6.10. The molecule has 0 aliphatic heterocycles. The Bertz CT molecular complexity index is 2280. The molecule has 5 aromatic heterocycles. The lowest BCUT2D eigenvalue weighted by molar-refractivity contribution is 0.585. The first-order valence-corrected chi connectivity index (χ1v) is 17.0. The molecule has 0 radical (unpaired) electrons. The Balaban J connectivity index is 1.74.